The van der Waals surface area contributed by atoms with Gasteiger partial charge in [-0.2, -0.15) is 4.84 Å². The highest BCUT2D eigenvalue weighted by Gasteiger charge is 2.35. The highest BCUT2D eigenvalue weighted by Crippen LogP contribution is 2.17. The summed E-state index contributed by atoms with van der Waals surface area (Å²) in [6, 6.07) is -1.44. The van der Waals surface area contributed by atoms with Gasteiger partial charge in [-0.05, 0) is 41.7 Å². The number of hydrogen-bond acceptors (Lipinski definition) is 9. The lowest BCUT2D eigenvalue weighted by Gasteiger charge is -2.24. The van der Waals surface area contributed by atoms with Gasteiger partial charge in [0.15, 0.2) is 6.61 Å². The summed E-state index contributed by atoms with van der Waals surface area (Å²) in [4.78, 5) is 59.8. The van der Waals surface area contributed by atoms with Gasteiger partial charge in [0.05, 0.1) is 18.1 Å². The van der Waals surface area contributed by atoms with E-state index in [4.69, 9.17) is 14.7 Å². The van der Waals surface area contributed by atoms with Crippen LogP contribution in [0.25, 0.3) is 0 Å². The number of carbonyl (C=O) groups excluding carboxylic acids is 4. The molecule has 0 rings (SSSR count). The predicted octanol–water partition coefficient (Wildman–Crippen LogP) is 0.233. The van der Waals surface area contributed by atoms with Crippen LogP contribution in [0.2, 0.25) is 0 Å². The number of nitrogens with one attached hydrogen (secondary N) is 2. The Bertz CT molecular complexity index is 542. The molecule has 0 aromatic heterocycles. The first-order valence-corrected chi connectivity index (χ1v) is 9.45. The molecule has 0 aromatic carbocycles. The third-order valence-corrected chi connectivity index (χ3v) is 4.34. The third kappa shape index (κ3) is 12.2. The molecule has 0 saturated carbocycles. The SMILES string of the molecule is CC=O.CCOC(=O)C(CSC(=O)C(C)NC)NC(=O)C(C)(C)CO[N+](=O)O. The standard InChI is InChI=1S/C14H25N3O7S.C2H4O/c1-6-23-11(18)10(7-25-12(19)9(2)15-5)16-13(20)14(3,4)8-24-17(21)22;1-2-3/h9-10,15H,6-8H2,1-5H3,(H-,16,20,21,22);2H,1H3/p+1. The number of hydrogen-bond donors (Lipinski definition) is 3. The second-order valence-electron chi connectivity index (χ2n) is 6.05. The molecule has 2 atom stereocenters. The smallest absolute Gasteiger partial charge is 0.464 e. The lowest BCUT2D eigenvalue weighted by Crippen LogP contribution is -2.50. The van der Waals surface area contributed by atoms with E-state index in [1.807, 2.05) is 0 Å². The maximum Gasteiger partial charge on any atom is 0.475 e. The summed E-state index contributed by atoms with van der Waals surface area (Å²) in [7, 11) is 1.64. The van der Waals surface area contributed by atoms with Crippen molar-refractivity contribution in [1.82, 2.24) is 10.6 Å². The Balaban J connectivity index is 0. The molecule has 0 spiro atoms. The van der Waals surface area contributed by atoms with Crippen LogP contribution in [0.3, 0.4) is 0 Å². The fourth-order valence-electron chi connectivity index (χ4n) is 1.46. The lowest BCUT2D eigenvalue weighted by atomic mass is 9.93. The van der Waals surface area contributed by atoms with Gasteiger partial charge in [0.1, 0.15) is 17.2 Å². The quantitative estimate of drug-likeness (QED) is 0.239. The van der Waals surface area contributed by atoms with Crippen molar-refractivity contribution in [3.8, 4) is 0 Å². The predicted molar refractivity (Wildman–Crippen MR) is 101 cm³/mol. The molecule has 1 amide bonds. The summed E-state index contributed by atoms with van der Waals surface area (Å²) < 4.78 is 4.91. The maximum atomic E-state index is 12.3. The van der Waals surface area contributed by atoms with E-state index >= 15 is 0 Å². The molecule has 0 radical (unpaired) electrons. The highest BCUT2D eigenvalue weighted by molar-refractivity contribution is 8.13. The molecule has 0 aliphatic carbocycles. The Labute approximate surface area is 168 Å². The molecular weight excluding hydrogens is 394 g/mol. The van der Waals surface area contributed by atoms with Crippen LogP contribution in [0.4, 0.5) is 0 Å². The first kappa shape index (κ1) is 28.0. The van der Waals surface area contributed by atoms with Gasteiger partial charge in [-0.25, -0.2) is 10.0 Å². The van der Waals surface area contributed by atoms with E-state index < -0.39 is 41.1 Å². The van der Waals surface area contributed by atoms with Crippen LogP contribution in [0.15, 0.2) is 0 Å². The zero-order valence-corrected chi connectivity index (χ0v) is 17.8. The molecule has 2 unspecified atom stereocenters. The lowest BCUT2D eigenvalue weighted by molar-refractivity contribution is -0.976. The Kier molecular flexibility index (Phi) is 14.8. The van der Waals surface area contributed by atoms with E-state index in [0.29, 0.717) is 0 Å². The highest BCUT2D eigenvalue weighted by atomic mass is 32.2. The average Bonchev–Trinajstić information content (AvgIpc) is 2.62. The molecule has 0 bridgehead atoms. The number of thioether (sulfide) groups is 1. The van der Waals surface area contributed by atoms with Crippen molar-refractivity contribution in [3.05, 3.63) is 4.91 Å². The maximum absolute atomic E-state index is 12.3. The molecule has 0 aromatic rings. The van der Waals surface area contributed by atoms with E-state index in [-0.39, 0.29) is 17.5 Å². The molecule has 11 nitrogen and oxygen atoms in total. The van der Waals surface area contributed by atoms with Crippen LogP contribution in [0.5, 0.6) is 0 Å². The number of likely N-dealkylation sites (N-methyl/N-ethyl adjacent to an activating group) is 1. The zero-order valence-electron chi connectivity index (χ0n) is 17.0. The van der Waals surface area contributed by atoms with E-state index in [9.17, 15) is 19.3 Å². The van der Waals surface area contributed by atoms with Crippen molar-refractivity contribution in [3.63, 3.8) is 0 Å². The van der Waals surface area contributed by atoms with Gasteiger partial charge in [0, 0.05) is 5.75 Å². The van der Waals surface area contributed by atoms with E-state index in [0.717, 1.165) is 18.0 Å². The minimum atomic E-state index is -1.21. The van der Waals surface area contributed by atoms with Crippen molar-refractivity contribution < 1.29 is 39.0 Å². The molecule has 28 heavy (non-hydrogen) atoms. The van der Waals surface area contributed by atoms with Crippen LogP contribution in [0, 0.1) is 10.3 Å². The number of nitrogens with zero attached hydrogens (tertiary/aromatic N) is 1. The first-order chi connectivity index (χ1) is 13.0. The number of esters is 1. The molecule has 3 N–H and O–H groups in total. The number of ether oxygens (including phenoxy) is 1. The molecule has 12 heteroatoms. The normalized spacial score (nSPS) is 12.5. The third-order valence-electron chi connectivity index (χ3n) is 3.21. The van der Waals surface area contributed by atoms with Gasteiger partial charge < -0.3 is 20.2 Å². The molecule has 0 aliphatic rings. The van der Waals surface area contributed by atoms with Crippen LogP contribution < -0.4 is 10.6 Å². The molecule has 0 heterocycles. The molecule has 0 saturated heterocycles. The van der Waals surface area contributed by atoms with Crippen LogP contribution in [0.1, 0.15) is 34.6 Å². The molecule has 0 aliphatic heterocycles. The number of amides is 1. The van der Waals surface area contributed by atoms with Gasteiger partial charge in [-0.15, -0.1) is 0 Å². The molecule has 0 fully saturated rings. The van der Waals surface area contributed by atoms with Gasteiger partial charge in [-0.1, -0.05) is 11.8 Å². The summed E-state index contributed by atoms with van der Waals surface area (Å²) in [5.74, 6) is -1.26. The van der Waals surface area contributed by atoms with Crippen LogP contribution in [-0.2, 0) is 28.8 Å². The first-order valence-electron chi connectivity index (χ1n) is 8.47. The summed E-state index contributed by atoms with van der Waals surface area (Å²) in [6.07, 6.45) is 0.750. The van der Waals surface area contributed by atoms with Crippen molar-refractivity contribution in [1.29, 1.82) is 0 Å². The minimum Gasteiger partial charge on any atom is -0.464 e. The summed E-state index contributed by atoms with van der Waals surface area (Å²) in [5, 5.41) is 12.8. The summed E-state index contributed by atoms with van der Waals surface area (Å²) >= 11 is 0.896. The largest absolute Gasteiger partial charge is 0.475 e. The van der Waals surface area contributed by atoms with Crippen LogP contribution in [-0.4, -0.2) is 71.7 Å². The fourth-order valence-corrected chi connectivity index (χ4v) is 2.37. The number of aldehydes is 1. The Morgan fingerprint density at radius 2 is 1.86 bits per heavy atom. The van der Waals surface area contributed by atoms with Gasteiger partial charge in [0.2, 0.25) is 11.0 Å². The Hall–Kier alpha value is -2.21. The molecule has 162 valence electrons. The molecular formula is C16H30N3O8S+. The minimum absolute atomic E-state index is 0.0000440. The number of rotatable bonds is 11. The van der Waals surface area contributed by atoms with E-state index in [2.05, 4.69) is 15.5 Å². The second kappa shape index (κ2) is 14.8. The Morgan fingerprint density at radius 3 is 2.29 bits per heavy atom. The second-order valence-corrected chi connectivity index (χ2v) is 7.07. The average molecular weight is 424 g/mol. The van der Waals surface area contributed by atoms with Crippen LogP contribution >= 0.6 is 11.8 Å². The fraction of sp³-hybridized carbons (Fsp3) is 0.750. The summed E-state index contributed by atoms with van der Waals surface area (Å²) in [6.45, 7) is 7.40. The van der Waals surface area contributed by atoms with Crippen molar-refractivity contribution in [2.24, 2.45) is 5.41 Å². The van der Waals surface area contributed by atoms with Gasteiger partial charge in [0.25, 0.3) is 0 Å². The topological polar surface area (TPSA) is 151 Å². The number of carbonyl (C=O) groups is 4. The zero-order chi connectivity index (χ0) is 22.3. The van der Waals surface area contributed by atoms with Crippen molar-refractivity contribution in [2.75, 3.05) is 26.0 Å². The van der Waals surface area contributed by atoms with E-state index in [1.165, 1.54) is 20.8 Å². The summed E-state index contributed by atoms with van der Waals surface area (Å²) in [5.41, 5.74) is -1.21. The van der Waals surface area contributed by atoms with E-state index in [1.54, 1.807) is 20.9 Å². The van der Waals surface area contributed by atoms with Gasteiger partial charge >= 0.3 is 11.1 Å². The van der Waals surface area contributed by atoms with Gasteiger partial charge in [-0.3, -0.25) is 9.59 Å². The van der Waals surface area contributed by atoms with Crippen molar-refractivity contribution >= 4 is 35.0 Å². The monoisotopic (exact) mass is 424 g/mol. The Morgan fingerprint density at radius 1 is 1.32 bits per heavy atom. The van der Waals surface area contributed by atoms with Crippen molar-refractivity contribution in [2.45, 2.75) is 46.7 Å².